The smallest absolute Gasteiger partial charge is 0.375 e. The van der Waals surface area contributed by atoms with Crippen LogP contribution in [0.25, 0.3) is 0 Å². The molecule has 8 heavy (non-hydrogen) atoms. The van der Waals surface area contributed by atoms with E-state index in [0.717, 1.165) is 0 Å². The lowest BCUT2D eigenvalue weighted by atomic mass is 10.5. The molecule has 1 rings (SSSR count). The maximum atomic E-state index is 10.1. The van der Waals surface area contributed by atoms with Gasteiger partial charge in [-0.3, -0.25) is 4.52 Å². The van der Waals surface area contributed by atoms with Crippen molar-refractivity contribution in [2.45, 2.75) is 13.3 Å². The minimum atomic E-state index is -0.734. The molecule has 0 fully saturated rings. The molecule has 0 saturated heterocycles. The van der Waals surface area contributed by atoms with E-state index in [1.807, 2.05) is 6.92 Å². The third-order valence-electron chi connectivity index (χ3n) is 0.726. The fraction of sp³-hybridized carbons (Fsp3) is 0.500. The summed E-state index contributed by atoms with van der Waals surface area (Å²) in [4.78, 5) is 10.1. The van der Waals surface area contributed by atoms with Crippen molar-refractivity contribution in [2.24, 2.45) is 0 Å². The van der Waals surface area contributed by atoms with Crippen molar-refractivity contribution in [2.75, 3.05) is 0 Å². The van der Waals surface area contributed by atoms with Gasteiger partial charge in [0, 0.05) is 6.42 Å². The van der Waals surface area contributed by atoms with Crippen LogP contribution in [0.4, 0.5) is 0 Å². The maximum absolute atomic E-state index is 10.1. The summed E-state index contributed by atoms with van der Waals surface area (Å²) in [5.74, 6) is -0.392. The Morgan fingerprint density at radius 3 is 2.75 bits per heavy atom. The first-order chi connectivity index (χ1) is 3.83. The van der Waals surface area contributed by atoms with Gasteiger partial charge < -0.3 is 4.42 Å². The van der Waals surface area contributed by atoms with Crippen LogP contribution in [0.5, 0.6) is 0 Å². The van der Waals surface area contributed by atoms with Gasteiger partial charge in [-0.05, 0) is 5.16 Å². The molecule has 1 heterocycles. The van der Waals surface area contributed by atoms with Crippen molar-refractivity contribution in [3.63, 3.8) is 0 Å². The third kappa shape index (κ3) is 0.776. The summed E-state index contributed by atoms with van der Waals surface area (Å²) in [6.45, 7) is 1.82. The Morgan fingerprint density at radius 1 is 1.75 bits per heavy atom. The third-order valence-corrected chi connectivity index (χ3v) is 0.726. The number of nitrogens with zero attached hydrogens (tertiary/aromatic N) is 1. The molecule has 4 nitrogen and oxygen atoms in total. The van der Waals surface area contributed by atoms with Crippen LogP contribution in [0.15, 0.2) is 13.7 Å². The summed E-state index contributed by atoms with van der Waals surface area (Å²) >= 11 is 0. The standard InChI is InChI=1S/C4H5NO3/c1-2-3-5-8-4(6)7-3/h2H2,1H3. The van der Waals surface area contributed by atoms with Crippen LogP contribution >= 0.6 is 0 Å². The minimum Gasteiger partial charge on any atom is -0.375 e. The molecule has 4 heteroatoms. The van der Waals surface area contributed by atoms with Crippen LogP contribution < -0.4 is 5.82 Å². The van der Waals surface area contributed by atoms with Gasteiger partial charge in [0.15, 0.2) is 0 Å². The Kier molecular flexibility index (Phi) is 1.15. The van der Waals surface area contributed by atoms with Gasteiger partial charge in [-0.25, -0.2) is 4.79 Å². The van der Waals surface area contributed by atoms with Gasteiger partial charge in [0.2, 0.25) is 5.89 Å². The highest BCUT2D eigenvalue weighted by atomic mass is 16.6. The zero-order valence-corrected chi connectivity index (χ0v) is 4.38. The zero-order valence-electron chi connectivity index (χ0n) is 4.38. The van der Waals surface area contributed by atoms with Gasteiger partial charge in [0.1, 0.15) is 0 Å². The molecular formula is C4H5NO3. The van der Waals surface area contributed by atoms with E-state index in [1.54, 1.807) is 0 Å². The fourth-order valence-corrected chi connectivity index (χ4v) is 0.358. The van der Waals surface area contributed by atoms with Gasteiger partial charge in [-0.1, -0.05) is 6.92 Å². The highest BCUT2D eigenvalue weighted by Gasteiger charge is 1.96. The number of aryl methyl sites for hydroxylation is 1. The summed E-state index contributed by atoms with van der Waals surface area (Å²) < 4.78 is 8.48. The number of aromatic nitrogens is 1. The molecule has 0 atom stereocenters. The van der Waals surface area contributed by atoms with Crippen LogP contribution in [0.3, 0.4) is 0 Å². The molecule has 0 unspecified atom stereocenters. The molecule has 1 aromatic rings. The molecule has 0 spiro atoms. The molecule has 0 amide bonds. The molecule has 44 valence electrons. The largest absolute Gasteiger partial charge is 0.542 e. The average molecular weight is 115 g/mol. The molecular weight excluding hydrogens is 110 g/mol. The van der Waals surface area contributed by atoms with Crippen LogP contribution in [-0.2, 0) is 6.42 Å². The molecule has 0 aliphatic heterocycles. The maximum Gasteiger partial charge on any atom is 0.542 e. The van der Waals surface area contributed by atoms with Gasteiger partial charge >= 0.3 is 5.82 Å². The second-order valence-corrected chi connectivity index (χ2v) is 1.28. The van der Waals surface area contributed by atoms with E-state index in [4.69, 9.17) is 0 Å². The summed E-state index contributed by atoms with van der Waals surface area (Å²) in [5.41, 5.74) is 0. The summed E-state index contributed by atoms with van der Waals surface area (Å²) in [5, 5.41) is 3.28. The van der Waals surface area contributed by atoms with Crippen molar-refractivity contribution in [1.29, 1.82) is 0 Å². The first-order valence-corrected chi connectivity index (χ1v) is 2.28. The second kappa shape index (κ2) is 1.81. The summed E-state index contributed by atoms with van der Waals surface area (Å²) in [6.07, 6.45) is 0.589. The van der Waals surface area contributed by atoms with Gasteiger partial charge in [0.05, 0.1) is 0 Å². The Hall–Kier alpha value is -1.06. The quantitative estimate of drug-likeness (QED) is 0.524. The lowest BCUT2D eigenvalue weighted by Gasteiger charge is -1.72. The van der Waals surface area contributed by atoms with Crippen molar-refractivity contribution in [3.05, 3.63) is 16.5 Å². The van der Waals surface area contributed by atoms with Gasteiger partial charge in [0.25, 0.3) is 0 Å². The van der Waals surface area contributed by atoms with E-state index < -0.39 is 5.82 Å². The van der Waals surface area contributed by atoms with Crippen molar-refractivity contribution in [1.82, 2.24) is 5.16 Å². The van der Waals surface area contributed by atoms with E-state index >= 15 is 0 Å². The molecule has 0 saturated carbocycles. The molecule has 0 aromatic carbocycles. The van der Waals surface area contributed by atoms with E-state index in [-0.39, 0.29) is 0 Å². The number of rotatable bonds is 1. The minimum absolute atomic E-state index is 0.343. The first kappa shape index (κ1) is 5.08. The second-order valence-electron chi connectivity index (χ2n) is 1.28. The summed E-state index contributed by atoms with van der Waals surface area (Å²) in [7, 11) is 0. The average Bonchev–Trinajstić information content (AvgIpc) is 2.14. The normalized spacial score (nSPS) is 9.62. The Balaban J connectivity index is 3.01. The van der Waals surface area contributed by atoms with Gasteiger partial charge in [-0.15, -0.1) is 0 Å². The lowest BCUT2D eigenvalue weighted by molar-refractivity contribution is 0.334. The van der Waals surface area contributed by atoms with Crippen molar-refractivity contribution < 1.29 is 8.94 Å². The predicted octanol–water partition coefficient (Wildman–Crippen LogP) is 0.190. The molecule has 1 aromatic heterocycles. The Labute approximate surface area is 45.1 Å². The number of hydrogen-bond donors (Lipinski definition) is 0. The highest BCUT2D eigenvalue weighted by molar-refractivity contribution is 4.66. The van der Waals surface area contributed by atoms with E-state index in [2.05, 4.69) is 14.1 Å². The Bertz CT molecular complexity index is 211. The topological polar surface area (TPSA) is 56.2 Å². The molecule has 0 N–H and O–H groups in total. The van der Waals surface area contributed by atoms with E-state index in [1.165, 1.54) is 0 Å². The molecule has 0 bridgehead atoms. The summed E-state index contributed by atoms with van der Waals surface area (Å²) in [6, 6.07) is 0. The van der Waals surface area contributed by atoms with Crippen LogP contribution in [0.2, 0.25) is 0 Å². The first-order valence-electron chi connectivity index (χ1n) is 2.28. The van der Waals surface area contributed by atoms with Crippen LogP contribution in [0.1, 0.15) is 12.8 Å². The molecule has 0 radical (unpaired) electrons. The SMILES string of the molecule is CCc1noc(=O)o1. The zero-order chi connectivity index (χ0) is 5.98. The van der Waals surface area contributed by atoms with Gasteiger partial charge in [-0.2, -0.15) is 0 Å². The highest BCUT2D eigenvalue weighted by Crippen LogP contribution is 1.87. The molecule has 0 aliphatic carbocycles. The number of hydrogen-bond acceptors (Lipinski definition) is 4. The molecule has 0 aliphatic rings. The Morgan fingerprint density at radius 2 is 2.50 bits per heavy atom. The lowest BCUT2D eigenvalue weighted by Crippen LogP contribution is -1.85. The van der Waals surface area contributed by atoms with Crippen LogP contribution in [0, 0.1) is 0 Å². The van der Waals surface area contributed by atoms with E-state index in [0.29, 0.717) is 12.3 Å². The van der Waals surface area contributed by atoms with Crippen LogP contribution in [-0.4, -0.2) is 5.16 Å². The predicted molar refractivity (Wildman–Crippen MR) is 24.4 cm³/mol. The van der Waals surface area contributed by atoms with E-state index in [9.17, 15) is 4.79 Å². The fourth-order valence-electron chi connectivity index (χ4n) is 0.358. The van der Waals surface area contributed by atoms with Crippen molar-refractivity contribution in [3.8, 4) is 0 Å². The van der Waals surface area contributed by atoms with Crippen molar-refractivity contribution >= 4 is 0 Å². The monoisotopic (exact) mass is 115 g/mol.